The topological polar surface area (TPSA) is 95.9 Å². The Morgan fingerprint density at radius 1 is 0.415 bits per heavy atom. The zero-order valence-electron chi connectivity index (χ0n) is 43.7. The number of carbonyl (C=O) groups is 2. The van der Waals surface area contributed by atoms with E-state index in [4.69, 9.17) is 4.74 Å². The van der Waals surface area contributed by atoms with Crippen LogP contribution in [0.1, 0.15) is 316 Å². The number of unbranched alkanes of at least 4 members (excludes halogenated alkanes) is 41. The summed E-state index contributed by atoms with van der Waals surface area (Å²) in [4.78, 5) is 24.6. The van der Waals surface area contributed by atoms with Gasteiger partial charge in [0.15, 0.2) is 0 Å². The lowest BCUT2D eigenvalue weighted by molar-refractivity contribution is -0.143. The van der Waals surface area contributed by atoms with Crippen LogP contribution in [0.5, 0.6) is 0 Å². The van der Waals surface area contributed by atoms with Crippen molar-refractivity contribution in [3.8, 4) is 0 Å². The fourth-order valence-electron chi connectivity index (χ4n) is 8.98. The van der Waals surface area contributed by atoms with Gasteiger partial charge >= 0.3 is 5.97 Å². The van der Waals surface area contributed by atoms with Crippen molar-refractivity contribution in [1.29, 1.82) is 0 Å². The van der Waals surface area contributed by atoms with Gasteiger partial charge < -0.3 is 20.3 Å². The SMILES string of the molecule is CCCCCCCC/C=C\CCCCCCCCCCCC(=O)OCCCCCCCCCCCC(=O)NC(CO)C(O)/C=C/CCCCCCCCCCCCCCCCCCCC. The molecule has 0 aromatic heterocycles. The van der Waals surface area contributed by atoms with Crippen molar-refractivity contribution in [3.63, 3.8) is 0 Å². The van der Waals surface area contributed by atoms with Gasteiger partial charge in [-0.3, -0.25) is 9.59 Å². The van der Waals surface area contributed by atoms with Crippen LogP contribution in [0.4, 0.5) is 0 Å². The van der Waals surface area contributed by atoms with E-state index < -0.39 is 12.1 Å². The van der Waals surface area contributed by atoms with E-state index in [2.05, 4.69) is 31.3 Å². The molecule has 0 rings (SSSR count). The molecule has 0 spiro atoms. The summed E-state index contributed by atoms with van der Waals surface area (Å²) in [5.41, 5.74) is 0. The maximum atomic E-state index is 12.5. The number of amides is 1. The molecule has 0 radical (unpaired) electrons. The van der Waals surface area contributed by atoms with Crippen LogP contribution in [0.3, 0.4) is 0 Å². The van der Waals surface area contributed by atoms with Gasteiger partial charge in [-0.2, -0.15) is 0 Å². The molecule has 384 valence electrons. The summed E-state index contributed by atoms with van der Waals surface area (Å²) in [6.07, 6.45) is 66.2. The highest BCUT2D eigenvalue weighted by Gasteiger charge is 2.18. The summed E-state index contributed by atoms with van der Waals surface area (Å²) in [5.74, 6) is -0.120. The average Bonchev–Trinajstić information content (AvgIpc) is 3.31. The first kappa shape index (κ1) is 63.3. The molecule has 3 N–H and O–H groups in total. The predicted molar refractivity (Wildman–Crippen MR) is 283 cm³/mol. The van der Waals surface area contributed by atoms with Crippen LogP contribution in [-0.2, 0) is 14.3 Å². The third kappa shape index (κ3) is 51.6. The lowest BCUT2D eigenvalue weighted by Crippen LogP contribution is -2.45. The molecule has 0 aliphatic heterocycles. The van der Waals surface area contributed by atoms with Crippen molar-refractivity contribution >= 4 is 11.9 Å². The number of nitrogens with one attached hydrogen (secondary N) is 1. The minimum absolute atomic E-state index is 0.0271. The van der Waals surface area contributed by atoms with E-state index >= 15 is 0 Å². The Balaban J connectivity index is 3.50. The maximum absolute atomic E-state index is 12.5. The molecule has 1 amide bonds. The number of rotatable bonds is 54. The van der Waals surface area contributed by atoms with E-state index in [0.29, 0.717) is 19.4 Å². The third-order valence-corrected chi connectivity index (χ3v) is 13.5. The van der Waals surface area contributed by atoms with Crippen LogP contribution in [0.15, 0.2) is 24.3 Å². The number of esters is 1. The molecule has 2 unspecified atom stereocenters. The Labute approximate surface area is 405 Å². The Kier molecular flexibility index (Phi) is 53.5. The van der Waals surface area contributed by atoms with E-state index in [1.165, 1.54) is 231 Å². The molecule has 65 heavy (non-hydrogen) atoms. The predicted octanol–water partition coefficient (Wildman–Crippen LogP) is 17.9. The van der Waals surface area contributed by atoms with Gasteiger partial charge in [-0.05, 0) is 57.8 Å². The second kappa shape index (κ2) is 54.9. The Bertz CT molecular complexity index is 1010. The highest BCUT2D eigenvalue weighted by atomic mass is 16.5. The van der Waals surface area contributed by atoms with Crippen LogP contribution in [0.2, 0.25) is 0 Å². The van der Waals surface area contributed by atoms with E-state index in [-0.39, 0.29) is 18.5 Å². The van der Waals surface area contributed by atoms with Crippen molar-refractivity contribution in [2.45, 2.75) is 328 Å². The molecule has 0 saturated heterocycles. The molecule has 0 aliphatic rings. The molecule has 2 atom stereocenters. The van der Waals surface area contributed by atoms with Gasteiger partial charge in [0.25, 0.3) is 0 Å². The standard InChI is InChI=1S/C59H113NO5/c1-3-5-7-9-11-13-15-17-19-21-23-25-26-28-30-32-35-39-43-47-51-57(62)56(55-61)60-58(63)52-48-44-40-36-34-38-42-46-50-54-65-59(64)53-49-45-41-37-33-31-29-27-24-22-20-18-16-14-12-10-8-6-4-2/h18,20,47,51,56-57,61-62H,3-17,19,21-46,48-50,52-55H2,1-2H3,(H,60,63)/b20-18-,51-47+. The smallest absolute Gasteiger partial charge is 0.305 e. The number of hydrogen-bond donors (Lipinski definition) is 3. The van der Waals surface area contributed by atoms with Crippen molar-refractivity contribution in [2.24, 2.45) is 0 Å². The van der Waals surface area contributed by atoms with Gasteiger partial charge in [0.1, 0.15) is 0 Å². The highest BCUT2D eigenvalue weighted by Crippen LogP contribution is 2.17. The van der Waals surface area contributed by atoms with Gasteiger partial charge in [0, 0.05) is 12.8 Å². The molecule has 6 heteroatoms. The van der Waals surface area contributed by atoms with Crippen LogP contribution in [-0.4, -0.2) is 47.4 Å². The Morgan fingerprint density at radius 3 is 1.09 bits per heavy atom. The van der Waals surface area contributed by atoms with E-state index in [1.807, 2.05) is 6.08 Å². The van der Waals surface area contributed by atoms with Gasteiger partial charge in [-0.1, -0.05) is 269 Å². The zero-order valence-corrected chi connectivity index (χ0v) is 43.7. The zero-order chi connectivity index (χ0) is 47.2. The largest absolute Gasteiger partial charge is 0.466 e. The van der Waals surface area contributed by atoms with E-state index in [9.17, 15) is 19.8 Å². The van der Waals surface area contributed by atoms with E-state index in [0.717, 1.165) is 57.8 Å². The van der Waals surface area contributed by atoms with Crippen molar-refractivity contribution in [1.82, 2.24) is 5.32 Å². The molecule has 0 aliphatic carbocycles. The quantitative estimate of drug-likeness (QED) is 0.0321. The fraction of sp³-hybridized carbons (Fsp3) is 0.898. The van der Waals surface area contributed by atoms with Gasteiger partial charge in [-0.25, -0.2) is 0 Å². The summed E-state index contributed by atoms with van der Waals surface area (Å²) in [5, 5.41) is 23.1. The first-order chi connectivity index (χ1) is 32.0. The van der Waals surface area contributed by atoms with Crippen LogP contribution in [0.25, 0.3) is 0 Å². The highest BCUT2D eigenvalue weighted by molar-refractivity contribution is 5.76. The average molecular weight is 917 g/mol. The van der Waals surface area contributed by atoms with Gasteiger partial charge in [0.2, 0.25) is 5.91 Å². The molecule has 0 bridgehead atoms. The molecule has 0 aromatic rings. The molecule has 6 nitrogen and oxygen atoms in total. The number of ether oxygens (including phenoxy) is 1. The maximum Gasteiger partial charge on any atom is 0.305 e. The lowest BCUT2D eigenvalue weighted by atomic mass is 10.0. The minimum atomic E-state index is -0.862. The summed E-state index contributed by atoms with van der Waals surface area (Å²) in [6, 6.07) is -0.649. The summed E-state index contributed by atoms with van der Waals surface area (Å²) >= 11 is 0. The monoisotopic (exact) mass is 916 g/mol. The van der Waals surface area contributed by atoms with Crippen molar-refractivity contribution < 1.29 is 24.5 Å². The van der Waals surface area contributed by atoms with Gasteiger partial charge in [0.05, 0.1) is 25.4 Å². The molecular formula is C59H113NO5. The summed E-state index contributed by atoms with van der Waals surface area (Å²) in [6.45, 7) is 4.85. The molecular weight excluding hydrogens is 803 g/mol. The van der Waals surface area contributed by atoms with Crippen LogP contribution in [0, 0.1) is 0 Å². The van der Waals surface area contributed by atoms with E-state index in [1.54, 1.807) is 6.08 Å². The molecule has 0 saturated carbocycles. The fourth-order valence-corrected chi connectivity index (χ4v) is 8.98. The van der Waals surface area contributed by atoms with Crippen LogP contribution < -0.4 is 5.32 Å². The number of carbonyl (C=O) groups excluding carboxylic acids is 2. The second-order valence-corrected chi connectivity index (χ2v) is 20.0. The third-order valence-electron chi connectivity index (χ3n) is 13.5. The Hall–Kier alpha value is -1.66. The number of aliphatic hydroxyl groups excluding tert-OH is 2. The van der Waals surface area contributed by atoms with Crippen molar-refractivity contribution in [3.05, 3.63) is 24.3 Å². The molecule has 0 heterocycles. The first-order valence-electron chi connectivity index (χ1n) is 29.1. The number of allylic oxidation sites excluding steroid dienone is 3. The molecule has 0 fully saturated rings. The Morgan fingerprint density at radius 2 is 0.723 bits per heavy atom. The summed E-state index contributed by atoms with van der Waals surface area (Å²) < 4.78 is 5.47. The first-order valence-corrected chi connectivity index (χ1v) is 29.1. The van der Waals surface area contributed by atoms with Crippen LogP contribution >= 0.6 is 0 Å². The lowest BCUT2D eigenvalue weighted by Gasteiger charge is -2.20. The number of hydrogen-bond acceptors (Lipinski definition) is 5. The normalized spacial score (nSPS) is 12.7. The second-order valence-electron chi connectivity index (χ2n) is 20.0. The minimum Gasteiger partial charge on any atom is -0.466 e. The van der Waals surface area contributed by atoms with Gasteiger partial charge in [-0.15, -0.1) is 0 Å². The number of aliphatic hydroxyl groups is 2. The molecule has 0 aromatic carbocycles. The van der Waals surface area contributed by atoms with Crippen molar-refractivity contribution in [2.75, 3.05) is 13.2 Å². The summed E-state index contributed by atoms with van der Waals surface area (Å²) in [7, 11) is 0.